The molecule has 0 aliphatic rings. The zero-order valence-electron chi connectivity index (χ0n) is 11.1. The second-order valence-electron chi connectivity index (χ2n) is 4.43. The summed E-state index contributed by atoms with van der Waals surface area (Å²) < 4.78 is 5.39. The summed E-state index contributed by atoms with van der Waals surface area (Å²) in [5.41, 5.74) is 7.36. The number of hydrogen-bond acceptors (Lipinski definition) is 3. The van der Waals surface area contributed by atoms with Gasteiger partial charge in [0.1, 0.15) is 0 Å². The molecule has 0 atom stereocenters. The molecule has 1 rings (SSSR count). The van der Waals surface area contributed by atoms with Crippen LogP contribution in [0, 0.1) is 0 Å². The van der Waals surface area contributed by atoms with E-state index in [9.17, 15) is 4.79 Å². The molecule has 1 aromatic rings. The minimum atomic E-state index is 0.00301. The molecule has 4 nitrogen and oxygen atoms in total. The Labute approximate surface area is 109 Å². The van der Waals surface area contributed by atoms with Gasteiger partial charge in [0.25, 0.3) is 0 Å². The van der Waals surface area contributed by atoms with Gasteiger partial charge >= 0.3 is 0 Å². The first-order valence-electron chi connectivity index (χ1n) is 6.33. The summed E-state index contributed by atoms with van der Waals surface area (Å²) in [6.07, 6.45) is 1.41. The molecule has 4 heteroatoms. The topological polar surface area (TPSA) is 64.3 Å². The normalized spacial score (nSPS) is 10.7. The van der Waals surface area contributed by atoms with Crippen molar-refractivity contribution in [1.82, 2.24) is 0 Å². The highest BCUT2D eigenvalue weighted by atomic mass is 16.5. The van der Waals surface area contributed by atoms with Crippen molar-refractivity contribution >= 4 is 11.6 Å². The minimum Gasteiger partial charge on any atom is -0.379 e. The third-order valence-electron chi connectivity index (χ3n) is 2.51. The summed E-state index contributed by atoms with van der Waals surface area (Å²) in [4.78, 5) is 11.7. The summed E-state index contributed by atoms with van der Waals surface area (Å²) >= 11 is 0. The van der Waals surface area contributed by atoms with E-state index in [-0.39, 0.29) is 12.0 Å². The van der Waals surface area contributed by atoms with E-state index in [1.807, 2.05) is 38.1 Å². The second-order valence-corrected chi connectivity index (χ2v) is 4.43. The van der Waals surface area contributed by atoms with E-state index in [4.69, 9.17) is 10.5 Å². The zero-order valence-corrected chi connectivity index (χ0v) is 11.1. The van der Waals surface area contributed by atoms with Crippen LogP contribution in [0.1, 0.15) is 32.3 Å². The molecule has 0 bridgehead atoms. The maximum atomic E-state index is 11.7. The van der Waals surface area contributed by atoms with Crippen LogP contribution in [-0.4, -0.2) is 18.6 Å². The predicted octanol–water partition coefficient (Wildman–Crippen LogP) is 2.29. The van der Waals surface area contributed by atoms with Crippen LogP contribution in [0.5, 0.6) is 0 Å². The number of rotatable bonds is 7. The van der Waals surface area contributed by atoms with E-state index in [1.165, 1.54) is 0 Å². The van der Waals surface area contributed by atoms with Crippen molar-refractivity contribution in [3.63, 3.8) is 0 Å². The molecule has 0 fully saturated rings. The van der Waals surface area contributed by atoms with Crippen molar-refractivity contribution in [2.45, 2.75) is 39.3 Å². The van der Waals surface area contributed by atoms with Crippen LogP contribution in [0.25, 0.3) is 0 Å². The highest BCUT2D eigenvalue weighted by Crippen LogP contribution is 2.14. The van der Waals surface area contributed by atoms with E-state index >= 15 is 0 Å². The average molecular weight is 250 g/mol. The maximum Gasteiger partial charge on any atom is 0.224 e. The van der Waals surface area contributed by atoms with Gasteiger partial charge in [-0.3, -0.25) is 4.79 Å². The Morgan fingerprint density at radius 1 is 1.39 bits per heavy atom. The minimum absolute atomic E-state index is 0.00301. The van der Waals surface area contributed by atoms with Gasteiger partial charge in [-0.25, -0.2) is 0 Å². The van der Waals surface area contributed by atoms with E-state index in [2.05, 4.69) is 5.32 Å². The molecular weight excluding hydrogens is 228 g/mol. The van der Waals surface area contributed by atoms with Crippen molar-refractivity contribution in [3.8, 4) is 0 Å². The average Bonchev–Trinajstić information content (AvgIpc) is 2.35. The Morgan fingerprint density at radius 3 is 2.78 bits per heavy atom. The highest BCUT2D eigenvalue weighted by molar-refractivity contribution is 5.91. The quantitative estimate of drug-likeness (QED) is 0.730. The third-order valence-corrected chi connectivity index (χ3v) is 2.51. The van der Waals surface area contributed by atoms with E-state index in [0.717, 1.165) is 17.7 Å². The predicted molar refractivity (Wildman–Crippen MR) is 73.3 cm³/mol. The molecule has 100 valence electrons. The molecule has 0 spiro atoms. The molecule has 18 heavy (non-hydrogen) atoms. The fourth-order valence-electron chi connectivity index (χ4n) is 1.58. The van der Waals surface area contributed by atoms with Crippen molar-refractivity contribution in [1.29, 1.82) is 0 Å². The van der Waals surface area contributed by atoms with Crippen molar-refractivity contribution in [3.05, 3.63) is 29.8 Å². The Hall–Kier alpha value is -1.39. The first kappa shape index (κ1) is 14.7. The summed E-state index contributed by atoms with van der Waals surface area (Å²) in [6, 6.07) is 7.58. The third kappa shape index (κ3) is 5.29. The molecule has 0 radical (unpaired) electrons. The lowest BCUT2D eigenvalue weighted by molar-refractivity contribution is -0.116. The van der Waals surface area contributed by atoms with Gasteiger partial charge in [0.15, 0.2) is 0 Å². The molecular formula is C14H22N2O2. The molecule has 0 heterocycles. The van der Waals surface area contributed by atoms with Gasteiger partial charge in [0, 0.05) is 25.3 Å². The summed E-state index contributed by atoms with van der Waals surface area (Å²) in [5, 5.41) is 2.88. The molecule has 0 aliphatic heterocycles. The highest BCUT2D eigenvalue weighted by Gasteiger charge is 2.05. The Bertz CT molecular complexity index is 378. The fraction of sp³-hybridized carbons (Fsp3) is 0.500. The van der Waals surface area contributed by atoms with Gasteiger partial charge in [0.2, 0.25) is 5.91 Å². The van der Waals surface area contributed by atoms with E-state index in [0.29, 0.717) is 19.6 Å². The molecule has 0 saturated carbocycles. The van der Waals surface area contributed by atoms with Gasteiger partial charge < -0.3 is 15.8 Å². The van der Waals surface area contributed by atoms with Crippen LogP contribution in [0.2, 0.25) is 0 Å². The first-order valence-corrected chi connectivity index (χ1v) is 6.33. The van der Waals surface area contributed by atoms with Crippen molar-refractivity contribution in [2.75, 3.05) is 11.9 Å². The lowest BCUT2D eigenvalue weighted by Crippen LogP contribution is -2.15. The summed E-state index contributed by atoms with van der Waals surface area (Å²) in [5.74, 6) is 0.00301. The van der Waals surface area contributed by atoms with Crippen molar-refractivity contribution < 1.29 is 9.53 Å². The van der Waals surface area contributed by atoms with Crippen LogP contribution in [0.15, 0.2) is 24.3 Å². The number of nitrogens with two attached hydrogens (primary N) is 1. The Balaban J connectivity index is 2.35. The number of para-hydroxylation sites is 1. The molecule has 1 aromatic carbocycles. The molecule has 0 unspecified atom stereocenters. The number of carbonyl (C=O) groups excluding carboxylic acids is 1. The fourth-order valence-corrected chi connectivity index (χ4v) is 1.58. The zero-order chi connectivity index (χ0) is 13.4. The molecule has 0 aliphatic carbocycles. The maximum absolute atomic E-state index is 11.7. The Kier molecular flexibility index (Phi) is 6.39. The smallest absolute Gasteiger partial charge is 0.224 e. The number of benzene rings is 1. The molecule has 0 saturated heterocycles. The van der Waals surface area contributed by atoms with Gasteiger partial charge in [-0.2, -0.15) is 0 Å². The lowest BCUT2D eigenvalue weighted by Gasteiger charge is -2.10. The second kappa shape index (κ2) is 7.84. The van der Waals surface area contributed by atoms with E-state index < -0.39 is 0 Å². The SMILES string of the molecule is CC(C)OCCCC(=O)Nc1ccccc1CN. The number of carbonyl (C=O) groups is 1. The number of amides is 1. The van der Waals surface area contributed by atoms with Crippen LogP contribution in [0.3, 0.4) is 0 Å². The lowest BCUT2D eigenvalue weighted by atomic mass is 10.1. The number of anilines is 1. The summed E-state index contributed by atoms with van der Waals surface area (Å²) in [6.45, 7) is 5.01. The van der Waals surface area contributed by atoms with E-state index in [1.54, 1.807) is 0 Å². The Morgan fingerprint density at radius 2 is 2.11 bits per heavy atom. The first-order chi connectivity index (χ1) is 8.63. The van der Waals surface area contributed by atoms with Crippen LogP contribution >= 0.6 is 0 Å². The largest absolute Gasteiger partial charge is 0.379 e. The van der Waals surface area contributed by atoms with Gasteiger partial charge in [0.05, 0.1) is 6.10 Å². The number of hydrogen-bond donors (Lipinski definition) is 2. The van der Waals surface area contributed by atoms with Gasteiger partial charge in [-0.05, 0) is 31.9 Å². The molecule has 3 N–H and O–H groups in total. The monoisotopic (exact) mass is 250 g/mol. The van der Waals surface area contributed by atoms with Gasteiger partial charge in [-0.1, -0.05) is 18.2 Å². The standard InChI is InChI=1S/C14H22N2O2/c1-11(2)18-9-5-8-14(17)16-13-7-4-3-6-12(13)10-15/h3-4,6-7,11H,5,8-10,15H2,1-2H3,(H,16,17). The molecule has 0 aromatic heterocycles. The number of nitrogens with one attached hydrogen (secondary N) is 1. The van der Waals surface area contributed by atoms with Crippen LogP contribution < -0.4 is 11.1 Å². The van der Waals surface area contributed by atoms with Crippen LogP contribution in [-0.2, 0) is 16.1 Å². The van der Waals surface area contributed by atoms with Crippen molar-refractivity contribution in [2.24, 2.45) is 5.73 Å². The summed E-state index contributed by atoms with van der Waals surface area (Å²) in [7, 11) is 0. The van der Waals surface area contributed by atoms with Gasteiger partial charge in [-0.15, -0.1) is 0 Å². The number of ether oxygens (including phenoxy) is 1. The van der Waals surface area contributed by atoms with Crippen LogP contribution in [0.4, 0.5) is 5.69 Å². The molecule has 1 amide bonds.